The average molecular weight is 197 g/mol. The molecule has 0 bridgehead atoms. The molecule has 0 aliphatic heterocycles. The number of aromatic nitrogens is 1. The second kappa shape index (κ2) is 3.02. The summed E-state index contributed by atoms with van der Waals surface area (Å²) < 4.78 is 13.0. The summed E-state index contributed by atoms with van der Waals surface area (Å²) in [7, 11) is 0. The van der Waals surface area contributed by atoms with Gasteiger partial charge in [0, 0.05) is 17.8 Å². The van der Waals surface area contributed by atoms with Gasteiger partial charge in [-0.15, -0.1) is 0 Å². The van der Waals surface area contributed by atoms with Gasteiger partial charge >= 0.3 is 0 Å². The van der Waals surface area contributed by atoms with Crippen LogP contribution in [0.25, 0.3) is 21.5 Å². The molecule has 0 spiro atoms. The van der Waals surface area contributed by atoms with Gasteiger partial charge in [-0.1, -0.05) is 18.2 Å². The van der Waals surface area contributed by atoms with Crippen molar-refractivity contribution >= 4 is 21.5 Å². The van der Waals surface area contributed by atoms with Crippen LogP contribution in [0.4, 0.5) is 4.39 Å². The third kappa shape index (κ3) is 1.26. The van der Waals surface area contributed by atoms with E-state index >= 15 is 0 Å². The quantitative estimate of drug-likeness (QED) is 0.502. The van der Waals surface area contributed by atoms with E-state index in [9.17, 15) is 4.39 Å². The molecule has 0 saturated heterocycles. The van der Waals surface area contributed by atoms with Crippen molar-refractivity contribution in [2.24, 2.45) is 0 Å². The predicted molar refractivity (Wildman–Crippen MR) is 59.2 cm³/mol. The van der Waals surface area contributed by atoms with Crippen molar-refractivity contribution in [3.63, 3.8) is 0 Å². The fraction of sp³-hybridized carbons (Fsp3) is 0. The Hall–Kier alpha value is -1.96. The number of nitrogens with zero attached hydrogens (tertiary/aromatic N) is 1. The largest absolute Gasteiger partial charge is 0.264 e. The Morgan fingerprint density at radius 1 is 0.867 bits per heavy atom. The van der Waals surface area contributed by atoms with E-state index in [-0.39, 0.29) is 5.82 Å². The molecule has 3 rings (SSSR count). The van der Waals surface area contributed by atoms with Crippen molar-refractivity contribution in [3.8, 4) is 0 Å². The Labute approximate surface area is 86.2 Å². The Kier molecular flexibility index (Phi) is 1.68. The lowest BCUT2D eigenvalue weighted by Gasteiger charge is -2.02. The molecule has 0 aliphatic rings. The average Bonchev–Trinajstić information content (AvgIpc) is 2.28. The van der Waals surface area contributed by atoms with Gasteiger partial charge in [-0.25, -0.2) is 4.39 Å². The number of rotatable bonds is 0. The fourth-order valence-corrected chi connectivity index (χ4v) is 1.88. The normalized spacial score (nSPS) is 11.0. The van der Waals surface area contributed by atoms with Crippen LogP contribution < -0.4 is 0 Å². The number of halogens is 1. The summed E-state index contributed by atoms with van der Waals surface area (Å²) in [5.41, 5.74) is 0. The molecule has 1 nitrogen and oxygen atoms in total. The molecule has 3 aromatic rings. The van der Waals surface area contributed by atoms with Crippen LogP contribution in [0.2, 0.25) is 0 Å². The standard InChI is InChI=1S/C13H8FN/c14-11-3-4-12-9(7-11)1-2-10-8-15-6-5-13(10)12/h1-8H. The molecule has 15 heavy (non-hydrogen) atoms. The van der Waals surface area contributed by atoms with Crippen LogP contribution in [0, 0.1) is 5.82 Å². The monoisotopic (exact) mass is 197 g/mol. The number of fused-ring (bicyclic) bond motifs is 3. The minimum atomic E-state index is -0.198. The lowest BCUT2D eigenvalue weighted by atomic mass is 10.0. The highest BCUT2D eigenvalue weighted by Gasteiger charge is 2.00. The maximum atomic E-state index is 13.0. The minimum Gasteiger partial charge on any atom is -0.264 e. The summed E-state index contributed by atoms with van der Waals surface area (Å²) in [6.07, 6.45) is 3.57. The van der Waals surface area contributed by atoms with Gasteiger partial charge in [-0.3, -0.25) is 4.98 Å². The van der Waals surface area contributed by atoms with E-state index in [0.717, 1.165) is 21.5 Å². The molecule has 0 N–H and O–H groups in total. The first-order chi connectivity index (χ1) is 7.34. The molecule has 0 saturated carbocycles. The second-order valence-electron chi connectivity index (χ2n) is 3.53. The van der Waals surface area contributed by atoms with Crippen molar-refractivity contribution in [1.29, 1.82) is 0 Å². The van der Waals surface area contributed by atoms with E-state index < -0.39 is 0 Å². The summed E-state index contributed by atoms with van der Waals surface area (Å²) in [4.78, 5) is 4.06. The summed E-state index contributed by atoms with van der Waals surface area (Å²) in [6.45, 7) is 0. The molecule has 1 heterocycles. The molecule has 2 heteroatoms. The Morgan fingerprint density at radius 3 is 2.60 bits per heavy atom. The van der Waals surface area contributed by atoms with Gasteiger partial charge in [-0.2, -0.15) is 0 Å². The van der Waals surface area contributed by atoms with Crippen LogP contribution in [0.3, 0.4) is 0 Å². The zero-order chi connectivity index (χ0) is 10.3. The topological polar surface area (TPSA) is 12.9 Å². The van der Waals surface area contributed by atoms with Crippen LogP contribution >= 0.6 is 0 Å². The Morgan fingerprint density at radius 2 is 1.67 bits per heavy atom. The van der Waals surface area contributed by atoms with Gasteiger partial charge in [0.15, 0.2) is 0 Å². The van der Waals surface area contributed by atoms with Crippen molar-refractivity contribution < 1.29 is 4.39 Å². The molecule has 0 radical (unpaired) electrons. The lowest BCUT2D eigenvalue weighted by Crippen LogP contribution is -1.80. The molecule has 0 unspecified atom stereocenters. The molecule has 1 aromatic heterocycles. The van der Waals surface area contributed by atoms with Crippen LogP contribution in [-0.2, 0) is 0 Å². The van der Waals surface area contributed by atoms with E-state index in [1.807, 2.05) is 30.5 Å². The summed E-state index contributed by atoms with van der Waals surface area (Å²) >= 11 is 0. The van der Waals surface area contributed by atoms with Crippen molar-refractivity contribution in [2.75, 3.05) is 0 Å². The molecule has 0 aliphatic carbocycles. The van der Waals surface area contributed by atoms with Crippen molar-refractivity contribution in [2.45, 2.75) is 0 Å². The summed E-state index contributed by atoms with van der Waals surface area (Å²) in [5, 5.41) is 4.18. The van der Waals surface area contributed by atoms with Crippen LogP contribution in [0.5, 0.6) is 0 Å². The van der Waals surface area contributed by atoms with E-state index in [2.05, 4.69) is 4.98 Å². The van der Waals surface area contributed by atoms with Gasteiger partial charge in [-0.05, 0) is 34.4 Å². The fourth-order valence-electron chi connectivity index (χ4n) is 1.88. The minimum absolute atomic E-state index is 0.198. The summed E-state index contributed by atoms with van der Waals surface area (Å²) in [6, 6.07) is 10.7. The van der Waals surface area contributed by atoms with Crippen LogP contribution in [-0.4, -0.2) is 4.98 Å². The zero-order valence-electron chi connectivity index (χ0n) is 7.94. The number of hydrogen-bond acceptors (Lipinski definition) is 1. The molecule has 72 valence electrons. The van der Waals surface area contributed by atoms with Gasteiger partial charge in [0.1, 0.15) is 5.82 Å². The first-order valence-corrected chi connectivity index (χ1v) is 4.76. The molecule has 0 atom stereocenters. The van der Waals surface area contributed by atoms with E-state index in [1.165, 1.54) is 6.07 Å². The number of hydrogen-bond donors (Lipinski definition) is 0. The molecule has 0 fully saturated rings. The highest BCUT2D eigenvalue weighted by atomic mass is 19.1. The highest BCUT2D eigenvalue weighted by molar-refractivity contribution is 6.06. The smallest absolute Gasteiger partial charge is 0.123 e. The molecular formula is C13H8FN. The van der Waals surface area contributed by atoms with E-state index in [0.29, 0.717) is 0 Å². The first-order valence-electron chi connectivity index (χ1n) is 4.76. The molecular weight excluding hydrogens is 189 g/mol. The summed E-state index contributed by atoms with van der Waals surface area (Å²) in [5.74, 6) is -0.198. The second-order valence-corrected chi connectivity index (χ2v) is 3.53. The van der Waals surface area contributed by atoms with Gasteiger partial charge in [0.05, 0.1) is 0 Å². The van der Waals surface area contributed by atoms with E-state index in [4.69, 9.17) is 0 Å². The Bertz CT molecular complexity index is 646. The third-order valence-corrected chi connectivity index (χ3v) is 2.60. The van der Waals surface area contributed by atoms with Gasteiger partial charge < -0.3 is 0 Å². The number of pyridine rings is 1. The van der Waals surface area contributed by atoms with Crippen molar-refractivity contribution in [1.82, 2.24) is 4.98 Å². The predicted octanol–water partition coefficient (Wildman–Crippen LogP) is 3.53. The van der Waals surface area contributed by atoms with Crippen LogP contribution in [0.1, 0.15) is 0 Å². The molecule has 0 amide bonds. The lowest BCUT2D eigenvalue weighted by molar-refractivity contribution is 0.630. The maximum Gasteiger partial charge on any atom is 0.123 e. The van der Waals surface area contributed by atoms with E-state index in [1.54, 1.807) is 12.3 Å². The number of benzene rings is 2. The third-order valence-electron chi connectivity index (χ3n) is 2.60. The SMILES string of the molecule is Fc1ccc2c(ccc3cnccc32)c1. The maximum absolute atomic E-state index is 13.0. The highest BCUT2D eigenvalue weighted by Crippen LogP contribution is 2.24. The Balaban J connectivity index is 2.55. The molecule has 2 aromatic carbocycles. The van der Waals surface area contributed by atoms with Crippen LogP contribution in [0.15, 0.2) is 48.8 Å². The van der Waals surface area contributed by atoms with Gasteiger partial charge in [0.25, 0.3) is 0 Å². The first kappa shape index (κ1) is 8.36. The zero-order valence-corrected chi connectivity index (χ0v) is 7.94. The van der Waals surface area contributed by atoms with Crippen molar-refractivity contribution in [3.05, 3.63) is 54.6 Å². The van der Waals surface area contributed by atoms with Gasteiger partial charge in [0.2, 0.25) is 0 Å².